The fraction of sp³-hybridized carbons (Fsp3) is 0.250. The van der Waals surface area contributed by atoms with E-state index < -0.39 is 0 Å². The molecule has 0 radical (unpaired) electrons. The van der Waals surface area contributed by atoms with Gasteiger partial charge in [-0.1, -0.05) is 22.9 Å². The summed E-state index contributed by atoms with van der Waals surface area (Å²) in [5.74, 6) is -0.350. The van der Waals surface area contributed by atoms with Gasteiger partial charge in [0.15, 0.2) is 0 Å². The molecule has 2 aromatic carbocycles. The molecular weight excluding hydrogens is 328 g/mol. The fourth-order valence-electron chi connectivity index (χ4n) is 2.58. The van der Waals surface area contributed by atoms with Gasteiger partial charge in [0.1, 0.15) is 0 Å². The lowest BCUT2D eigenvalue weighted by Crippen LogP contribution is -2.03. The minimum Gasteiger partial charge on any atom is -0.465 e. The maximum absolute atomic E-state index is 11.5. The van der Waals surface area contributed by atoms with E-state index in [1.807, 2.05) is 18.3 Å². The number of aromatic nitrogens is 3. The molecule has 0 atom stereocenters. The summed E-state index contributed by atoms with van der Waals surface area (Å²) in [5, 5.41) is 11.8. The molecule has 0 spiro atoms. The van der Waals surface area contributed by atoms with Crippen LogP contribution >= 0.6 is 0 Å². The minimum absolute atomic E-state index is 0.350. The van der Waals surface area contributed by atoms with Gasteiger partial charge in [-0.15, -0.1) is 5.10 Å². The Kier molecular flexibility index (Phi) is 5.63. The zero-order valence-corrected chi connectivity index (χ0v) is 15.0. The number of methoxy groups -OCH3 is 1. The molecule has 3 rings (SSSR count). The van der Waals surface area contributed by atoms with E-state index in [-0.39, 0.29) is 5.97 Å². The molecule has 0 unspecified atom stereocenters. The van der Waals surface area contributed by atoms with Gasteiger partial charge in [0.05, 0.1) is 30.3 Å². The molecule has 6 nitrogen and oxygen atoms in total. The van der Waals surface area contributed by atoms with Crippen LogP contribution in [0.5, 0.6) is 0 Å². The van der Waals surface area contributed by atoms with E-state index in [2.05, 4.69) is 46.8 Å². The molecule has 1 N–H and O–H groups in total. The summed E-state index contributed by atoms with van der Waals surface area (Å²) in [5.41, 5.74) is 4.69. The summed E-state index contributed by atoms with van der Waals surface area (Å²) in [6.07, 6.45) is 3.73. The summed E-state index contributed by atoms with van der Waals surface area (Å²) in [7, 11) is 1.37. The first kappa shape index (κ1) is 17.7. The van der Waals surface area contributed by atoms with Crippen molar-refractivity contribution in [1.29, 1.82) is 0 Å². The molecule has 1 heterocycles. The van der Waals surface area contributed by atoms with Crippen LogP contribution in [0.3, 0.4) is 0 Å². The summed E-state index contributed by atoms with van der Waals surface area (Å²) in [6, 6.07) is 15.4. The summed E-state index contributed by atoms with van der Waals surface area (Å²) in [4.78, 5) is 11.5. The van der Waals surface area contributed by atoms with Crippen molar-refractivity contribution in [2.45, 2.75) is 19.8 Å². The quantitative estimate of drug-likeness (QED) is 0.522. The molecule has 0 saturated heterocycles. The monoisotopic (exact) mass is 350 g/mol. The lowest BCUT2D eigenvalue weighted by molar-refractivity contribution is 0.0600. The van der Waals surface area contributed by atoms with Crippen molar-refractivity contribution < 1.29 is 9.53 Å². The van der Waals surface area contributed by atoms with Crippen molar-refractivity contribution in [3.05, 3.63) is 71.5 Å². The summed E-state index contributed by atoms with van der Waals surface area (Å²) in [6.45, 7) is 2.96. The van der Waals surface area contributed by atoms with Crippen molar-refractivity contribution in [1.82, 2.24) is 15.0 Å². The van der Waals surface area contributed by atoms with Gasteiger partial charge < -0.3 is 10.1 Å². The van der Waals surface area contributed by atoms with Gasteiger partial charge >= 0.3 is 5.97 Å². The maximum atomic E-state index is 11.5. The Morgan fingerprint density at radius 3 is 2.54 bits per heavy atom. The van der Waals surface area contributed by atoms with Crippen LogP contribution in [0.25, 0.3) is 5.69 Å². The first-order chi connectivity index (χ1) is 12.7. The molecule has 3 aromatic rings. The molecule has 0 bridgehead atoms. The minimum atomic E-state index is -0.350. The number of aryl methyl sites for hydroxylation is 2. The number of hydrogen-bond acceptors (Lipinski definition) is 5. The van der Waals surface area contributed by atoms with Crippen LogP contribution in [0, 0.1) is 6.92 Å². The van der Waals surface area contributed by atoms with E-state index in [1.54, 1.807) is 16.8 Å². The number of nitrogens with one attached hydrogen (secondary N) is 1. The van der Waals surface area contributed by atoms with Crippen LogP contribution in [0.2, 0.25) is 0 Å². The molecule has 0 saturated carbocycles. The molecule has 0 amide bonds. The number of carbonyl (C=O) groups is 1. The molecule has 0 fully saturated rings. The van der Waals surface area contributed by atoms with E-state index >= 15 is 0 Å². The Bertz CT molecular complexity index is 854. The number of carbonyl (C=O) groups excluding carboxylic acids is 1. The Hall–Kier alpha value is -3.15. The highest BCUT2D eigenvalue weighted by Gasteiger charge is 2.07. The highest BCUT2D eigenvalue weighted by molar-refractivity contribution is 5.89. The van der Waals surface area contributed by atoms with Crippen LogP contribution in [0.15, 0.2) is 54.7 Å². The average molecular weight is 350 g/mol. The Labute approximate surface area is 152 Å². The average Bonchev–Trinajstić information content (AvgIpc) is 3.15. The molecule has 26 heavy (non-hydrogen) atoms. The van der Waals surface area contributed by atoms with Gasteiger partial charge in [0, 0.05) is 12.2 Å². The standard InChI is InChI=1S/C20H22N4O2/c1-15-5-9-17(10-6-15)21-13-3-4-18-14-24(23-22-18)19-11-7-16(8-12-19)20(25)26-2/h5-12,14,21H,3-4,13H2,1-2H3. The van der Waals surface area contributed by atoms with Crippen LogP contribution in [0.1, 0.15) is 28.0 Å². The largest absolute Gasteiger partial charge is 0.465 e. The van der Waals surface area contributed by atoms with Crippen molar-refractivity contribution in [2.75, 3.05) is 19.0 Å². The molecule has 0 aliphatic carbocycles. The van der Waals surface area contributed by atoms with Crippen LogP contribution < -0.4 is 5.32 Å². The van der Waals surface area contributed by atoms with Crippen LogP contribution in [-0.2, 0) is 11.2 Å². The topological polar surface area (TPSA) is 69.0 Å². The van der Waals surface area contributed by atoms with E-state index in [0.717, 1.165) is 36.5 Å². The van der Waals surface area contributed by atoms with Gasteiger partial charge in [0.2, 0.25) is 0 Å². The first-order valence-electron chi connectivity index (χ1n) is 8.56. The molecule has 0 aliphatic heterocycles. The first-order valence-corrected chi connectivity index (χ1v) is 8.56. The van der Waals surface area contributed by atoms with Crippen molar-refractivity contribution in [3.63, 3.8) is 0 Å². The Morgan fingerprint density at radius 2 is 1.85 bits per heavy atom. The normalized spacial score (nSPS) is 10.5. The molecule has 0 aliphatic rings. The zero-order valence-electron chi connectivity index (χ0n) is 15.0. The van der Waals surface area contributed by atoms with E-state index in [1.165, 1.54) is 12.7 Å². The Balaban J connectivity index is 1.51. The van der Waals surface area contributed by atoms with E-state index in [9.17, 15) is 4.79 Å². The number of nitrogens with zero attached hydrogens (tertiary/aromatic N) is 3. The lowest BCUT2D eigenvalue weighted by atomic mass is 10.2. The molecule has 134 valence electrons. The number of hydrogen-bond donors (Lipinski definition) is 1. The van der Waals surface area contributed by atoms with Crippen molar-refractivity contribution in [2.24, 2.45) is 0 Å². The number of benzene rings is 2. The SMILES string of the molecule is COC(=O)c1ccc(-n2cc(CCCNc3ccc(C)cc3)nn2)cc1. The third kappa shape index (κ3) is 4.47. The predicted molar refractivity (Wildman–Crippen MR) is 101 cm³/mol. The van der Waals surface area contributed by atoms with Gasteiger partial charge in [-0.25, -0.2) is 9.48 Å². The molecule has 1 aromatic heterocycles. The molecule has 6 heteroatoms. The third-order valence-electron chi connectivity index (χ3n) is 4.08. The highest BCUT2D eigenvalue weighted by Crippen LogP contribution is 2.11. The number of ether oxygens (including phenoxy) is 1. The van der Waals surface area contributed by atoms with Gasteiger partial charge in [0.25, 0.3) is 0 Å². The fourth-order valence-corrected chi connectivity index (χ4v) is 2.58. The smallest absolute Gasteiger partial charge is 0.337 e. The lowest BCUT2D eigenvalue weighted by Gasteiger charge is -2.05. The molecular formula is C20H22N4O2. The second kappa shape index (κ2) is 8.29. The third-order valence-corrected chi connectivity index (χ3v) is 4.08. The number of rotatable bonds is 7. The van der Waals surface area contributed by atoms with E-state index in [0.29, 0.717) is 5.56 Å². The van der Waals surface area contributed by atoms with Crippen molar-refractivity contribution in [3.8, 4) is 5.69 Å². The number of esters is 1. The van der Waals surface area contributed by atoms with Crippen molar-refractivity contribution >= 4 is 11.7 Å². The predicted octanol–water partition coefficient (Wildman–Crippen LogP) is 3.41. The second-order valence-electron chi connectivity index (χ2n) is 6.09. The van der Waals surface area contributed by atoms with Gasteiger partial charge in [-0.05, 0) is 56.2 Å². The van der Waals surface area contributed by atoms with Gasteiger partial charge in [-0.2, -0.15) is 0 Å². The van der Waals surface area contributed by atoms with Gasteiger partial charge in [-0.3, -0.25) is 0 Å². The van der Waals surface area contributed by atoms with E-state index in [4.69, 9.17) is 4.74 Å². The van der Waals surface area contributed by atoms with Crippen LogP contribution in [-0.4, -0.2) is 34.6 Å². The summed E-state index contributed by atoms with van der Waals surface area (Å²) >= 11 is 0. The van der Waals surface area contributed by atoms with Crippen LogP contribution in [0.4, 0.5) is 5.69 Å². The highest BCUT2D eigenvalue weighted by atomic mass is 16.5. The zero-order chi connectivity index (χ0) is 18.4. The second-order valence-corrected chi connectivity index (χ2v) is 6.09. The Morgan fingerprint density at radius 1 is 1.12 bits per heavy atom. The summed E-state index contributed by atoms with van der Waals surface area (Å²) < 4.78 is 6.41. The maximum Gasteiger partial charge on any atom is 0.337 e. The number of anilines is 1.